The van der Waals surface area contributed by atoms with Gasteiger partial charge in [0.1, 0.15) is 6.33 Å². The Bertz CT molecular complexity index is 464. The van der Waals surface area contributed by atoms with Crippen LogP contribution in [0, 0.1) is 5.41 Å². The summed E-state index contributed by atoms with van der Waals surface area (Å²) in [4.78, 5) is 4.22. The number of aryl methyl sites for hydroxylation is 1. The molecule has 0 spiro atoms. The summed E-state index contributed by atoms with van der Waals surface area (Å²) in [6.07, 6.45) is 7.33. The minimum atomic E-state index is 0.733. The molecule has 0 unspecified atom stereocenters. The fourth-order valence-corrected chi connectivity index (χ4v) is 2.03. The summed E-state index contributed by atoms with van der Waals surface area (Å²) in [6, 6.07) is 0. The van der Waals surface area contributed by atoms with Gasteiger partial charge in [-0.3, -0.25) is 0 Å². The monoisotopic (exact) mass is 186 g/mol. The van der Waals surface area contributed by atoms with Gasteiger partial charge in [0.25, 0.3) is 0 Å². The summed E-state index contributed by atoms with van der Waals surface area (Å²) in [5, 5.41) is 12.0. The van der Waals surface area contributed by atoms with Gasteiger partial charge in [0.05, 0.1) is 0 Å². The molecule has 0 bridgehead atoms. The largest absolute Gasteiger partial charge is 0.305 e. The van der Waals surface area contributed by atoms with E-state index in [0.29, 0.717) is 0 Å². The zero-order valence-corrected chi connectivity index (χ0v) is 7.70. The van der Waals surface area contributed by atoms with Gasteiger partial charge in [0, 0.05) is 24.3 Å². The predicted octanol–water partition coefficient (Wildman–Crippen LogP) is 1.42. The van der Waals surface area contributed by atoms with Crippen molar-refractivity contribution in [2.45, 2.75) is 19.4 Å². The molecule has 1 aromatic rings. The number of nitrogens with zero attached hydrogens (tertiary/aromatic N) is 3. The van der Waals surface area contributed by atoms with Crippen LogP contribution in [0.15, 0.2) is 24.1 Å². The lowest BCUT2D eigenvalue weighted by Crippen LogP contribution is -2.18. The first-order valence-corrected chi connectivity index (χ1v) is 4.72. The number of nitrogens with one attached hydrogen (secondary N) is 1. The van der Waals surface area contributed by atoms with E-state index in [0.717, 1.165) is 42.1 Å². The highest BCUT2D eigenvalue weighted by molar-refractivity contribution is 6.08. The van der Waals surface area contributed by atoms with Crippen LogP contribution in [-0.4, -0.2) is 20.5 Å². The molecule has 0 amide bonds. The smallest absolute Gasteiger partial charge is 0.158 e. The molecule has 1 N–H and O–H groups in total. The Balaban J connectivity index is 2.23. The van der Waals surface area contributed by atoms with Gasteiger partial charge in [-0.2, -0.15) is 5.10 Å². The molecular formula is C10H10N4. The topological polar surface area (TPSA) is 54.6 Å². The van der Waals surface area contributed by atoms with Crippen molar-refractivity contribution in [2.24, 2.45) is 0 Å². The van der Waals surface area contributed by atoms with Crippen molar-refractivity contribution in [3.8, 4) is 0 Å². The Kier molecular flexibility index (Phi) is 1.45. The van der Waals surface area contributed by atoms with E-state index in [-0.39, 0.29) is 0 Å². The first-order valence-electron chi connectivity index (χ1n) is 4.72. The zero-order valence-electron chi connectivity index (χ0n) is 7.70. The molecule has 0 aromatic carbocycles. The van der Waals surface area contributed by atoms with Crippen LogP contribution in [0.25, 0.3) is 5.57 Å². The van der Waals surface area contributed by atoms with Crippen LogP contribution in [0.2, 0.25) is 0 Å². The normalized spacial score (nSPS) is 19.6. The molecule has 1 aliphatic carbocycles. The van der Waals surface area contributed by atoms with Gasteiger partial charge < -0.3 is 5.41 Å². The molecule has 1 aromatic heterocycles. The molecule has 2 heterocycles. The molecule has 4 nitrogen and oxygen atoms in total. The van der Waals surface area contributed by atoms with E-state index in [1.807, 2.05) is 10.8 Å². The molecule has 0 fully saturated rings. The maximum absolute atomic E-state index is 7.84. The molecule has 0 radical (unpaired) electrons. The molecule has 0 saturated heterocycles. The molecule has 4 heteroatoms. The van der Waals surface area contributed by atoms with Gasteiger partial charge in [-0.1, -0.05) is 12.2 Å². The second kappa shape index (κ2) is 2.64. The summed E-state index contributed by atoms with van der Waals surface area (Å²) in [5.41, 5.74) is 2.97. The lowest BCUT2D eigenvalue weighted by Gasteiger charge is -2.21. The summed E-state index contributed by atoms with van der Waals surface area (Å²) >= 11 is 0. The maximum Gasteiger partial charge on any atom is 0.158 e. The van der Waals surface area contributed by atoms with E-state index in [4.69, 9.17) is 5.41 Å². The van der Waals surface area contributed by atoms with Crippen molar-refractivity contribution in [1.82, 2.24) is 14.8 Å². The van der Waals surface area contributed by atoms with Crippen LogP contribution >= 0.6 is 0 Å². The average Bonchev–Trinajstić information content (AvgIpc) is 2.66. The van der Waals surface area contributed by atoms with Crippen molar-refractivity contribution in [3.63, 3.8) is 0 Å². The molecule has 2 aliphatic rings. The van der Waals surface area contributed by atoms with E-state index >= 15 is 0 Å². The van der Waals surface area contributed by atoms with Crippen LogP contribution in [0.3, 0.4) is 0 Å². The Hall–Kier alpha value is -1.71. The lowest BCUT2D eigenvalue weighted by atomic mass is 9.91. The summed E-state index contributed by atoms with van der Waals surface area (Å²) in [7, 11) is 0. The fourth-order valence-electron chi connectivity index (χ4n) is 2.03. The number of fused-ring (bicyclic) bond motifs is 2. The highest BCUT2D eigenvalue weighted by Crippen LogP contribution is 2.30. The van der Waals surface area contributed by atoms with E-state index in [2.05, 4.69) is 16.2 Å². The van der Waals surface area contributed by atoms with Crippen LogP contribution < -0.4 is 0 Å². The van der Waals surface area contributed by atoms with Crippen molar-refractivity contribution in [2.75, 3.05) is 0 Å². The quantitative estimate of drug-likeness (QED) is 0.666. The standard InChI is InChI=1S/C10H10N4/c11-9-3-1-2-8-7(9)4-5-14-10(8)12-6-13-14/h1-2,6,11H,3-5H2. The summed E-state index contributed by atoms with van der Waals surface area (Å²) < 4.78 is 1.90. The SMILES string of the molecule is N=C1CC=CC2=C1CCn1ncnc12. The first kappa shape index (κ1) is 7.67. The van der Waals surface area contributed by atoms with Crippen molar-refractivity contribution < 1.29 is 0 Å². The molecular weight excluding hydrogens is 176 g/mol. The Morgan fingerprint density at radius 2 is 2.36 bits per heavy atom. The van der Waals surface area contributed by atoms with Gasteiger partial charge in [-0.15, -0.1) is 0 Å². The van der Waals surface area contributed by atoms with E-state index in [1.165, 1.54) is 0 Å². The van der Waals surface area contributed by atoms with Crippen LogP contribution in [-0.2, 0) is 6.54 Å². The maximum atomic E-state index is 7.84. The van der Waals surface area contributed by atoms with Crippen LogP contribution in [0.4, 0.5) is 0 Å². The summed E-state index contributed by atoms with van der Waals surface area (Å²) in [5.74, 6) is 0.909. The third-order valence-electron chi connectivity index (χ3n) is 2.73. The Labute approximate surface area is 81.5 Å². The van der Waals surface area contributed by atoms with E-state index in [9.17, 15) is 0 Å². The third kappa shape index (κ3) is 0.907. The Morgan fingerprint density at radius 3 is 3.29 bits per heavy atom. The number of allylic oxidation sites excluding steroid dienone is 4. The number of aromatic nitrogens is 3. The Morgan fingerprint density at radius 1 is 1.43 bits per heavy atom. The van der Waals surface area contributed by atoms with Gasteiger partial charge in [0.15, 0.2) is 5.82 Å². The van der Waals surface area contributed by atoms with E-state index in [1.54, 1.807) is 6.33 Å². The van der Waals surface area contributed by atoms with Gasteiger partial charge >= 0.3 is 0 Å². The average molecular weight is 186 g/mol. The van der Waals surface area contributed by atoms with Crippen LogP contribution in [0.1, 0.15) is 18.7 Å². The molecule has 3 rings (SSSR count). The predicted molar refractivity (Wildman–Crippen MR) is 53.0 cm³/mol. The van der Waals surface area contributed by atoms with E-state index < -0.39 is 0 Å². The second-order valence-electron chi connectivity index (χ2n) is 3.53. The molecule has 0 atom stereocenters. The summed E-state index contributed by atoms with van der Waals surface area (Å²) in [6.45, 7) is 0.852. The minimum absolute atomic E-state index is 0.733. The van der Waals surface area contributed by atoms with Crippen LogP contribution in [0.5, 0.6) is 0 Å². The number of hydrogen-bond acceptors (Lipinski definition) is 3. The molecule has 0 saturated carbocycles. The van der Waals surface area contributed by atoms with Crippen molar-refractivity contribution in [1.29, 1.82) is 5.41 Å². The van der Waals surface area contributed by atoms with Crippen molar-refractivity contribution in [3.05, 3.63) is 29.9 Å². The molecule has 14 heavy (non-hydrogen) atoms. The first-order chi connectivity index (χ1) is 6.86. The number of hydrogen-bond donors (Lipinski definition) is 1. The lowest BCUT2D eigenvalue weighted by molar-refractivity contribution is 0.596. The van der Waals surface area contributed by atoms with Crippen molar-refractivity contribution >= 4 is 11.3 Å². The highest BCUT2D eigenvalue weighted by Gasteiger charge is 2.22. The second-order valence-corrected chi connectivity index (χ2v) is 3.53. The van der Waals surface area contributed by atoms with Gasteiger partial charge in [0.2, 0.25) is 0 Å². The van der Waals surface area contributed by atoms with Gasteiger partial charge in [-0.25, -0.2) is 9.67 Å². The zero-order chi connectivity index (χ0) is 9.54. The highest BCUT2D eigenvalue weighted by atomic mass is 15.3. The molecule has 1 aliphatic heterocycles. The number of rotatable bonds is 0. The third-order valence-corrected chi connectivity index (χ3v) is 2.73. The van der Waals surface area contributed by atoms with Gasteiger partial charge in [-0.05, 0) is 12.0 Å². The molecule has 70 valence electrons. The fraction of sp³-hybridized carbons (Fsp3) is 0.300. The minimum Gasteiger partial charge on any atom is -0.305 e.